The summed E-state index contributed by atoms with van der Waals surface area (Å²) in [5, 5.41) is 8.31. The van der Waals surface area contributed by atoms with Gasteiger partial charge in [-0.15, -0.1) is 0 Å². The largest absolute Gasteiger partial charge is 0.512 e. The molecule has 0 bridgehead atoms. The molecule has 5 nitrogen and oxygen atoms in total. The molecule has 1 heterocycles. The molecule has 0 atom stereocenters. The summed E-state index contributed by atoms with van der Waals surface area (Å²) in [6, 6.07) is 0. The van der Waals surface area contributed by atoms with Crippen molar-refractivity contribution in [3.05, 3.63) is 17.0 Å². The third kappa shape index (κ3) is 2.06. The second kappa shape index (κ2) is 3.36. The number of hydrogen-bond acceptors (Lipinski definition) is 4. The molecule has 0 spiro atoms. The number of rotatable bonds is 1. The molecular formula is C6H5ClN2O3. The van der Waals surface area contributed by atoms with Crippen LogP contribution >= 0.6 is 11.6 Å². The Bertz CT molecular complexity index is 316. The van der Waals surface area contributed by atoms with E-state index in [4.69, 9.17) is 16.7 Å². The fourth-order valence-corrected chi connectivity index (χ4v) is 0.718. The molecular weight excluding hydrogens is 184 g/mol. The smallest absolute Gasteiger partial charge is 0.449 e. The van der Waals surface area contributed by atoms with Gasteiger partial charge < -0.3 is 9.84 Å². The van der Waals surface area contributed by atoms with Gasteiger partial charge in [-0.3, -0.25) is 0 Å². The van der Waals surface area contributed by atoms with E-state index in [-0.39, 0.29) is 10.9 Å². The zero-order valence-corrected chi connectivity index (χ0v) is 6.87. The normalized spacial score (nSPS) is 9.50. The van der Waals surface area contributed by atoms with Gasteiger partial charge in [0.2, 0.25) is 5.88 Å². The van der Waals surface area contributed by atoms with Gasteiger partial charge in [0, 0.05) is 0 Å². The van der Waals surface area contributed by atoms with Crippen LogP contribution in [0.25, 0.3) is 0 Å². The summed E-state index contributed by atoms with van der Waals surface area (Å²) in [5.41, 5.74) is 0. The lowest BCUT2D eigenvalue weighted by Crippen LogP contribution is -2.06. The van der Waals surface area contributed by atoms with E-state index in [9.17, 15) is 4.79 Å². The molecule has 1 rings (SSSR count). The fourth-order valence-electron chi connectivity index (χ4n) is 0.589. The molecule has 0 aliphatic heterocycles. The van der Waals surface area contributed by atoms with Crippen molar-refractivity contribution < 1.29 is 14.6 Å². The molecule has 0 saturated carbocycles. The Labute approximate surface area is 73.0 Å². The Morgan fingerprint density at radius 3 is 3.00 bits per heavy atom. The van der Waals surface area contributed by atoms with Crippen LogP contribution in [-0.4, -0.2) is 21.2 Å². The highest BCUT2D eigenvalue weighted by Crippen LogP contribution is 2.19. The van der Waals surface area contributed by atoms with Crippen LogP contribution in [-0.2, 0) is 0 Å². The van der Waals surface area contributed by atoms with Gasteiger partial charge in [0.25, 0.3) is 0 Å². The molecule has 0 unspecified atom stereocenters. The first-order valence-electron chi connectivity index (χ1n) is 2.99. The van der Waals surface area contributed by atoms with Gasteiger partial charge in [-0.1, -0.05) is 11.6 Å². The van der Waals surface area contributed by atoms with Gasteiger partial charge in [0.15, 0.2) is 0 Å². The van der Waals surface area contributed by atoms with Gasteiger partial charge in [-0.2, -0.15) is 4.98 Å². The van der Waals surface area contributed by atoms with Gasteiger partial charge in [-0.05, 0) is 6.92 Å². The first-order valence-corrected chi connectivity index (χ1v) is 3.37. The van der Waals surface area contributed by atoms with Crippen LogP contribution in [0.15, 0.2) is 6.20 Å². The first-order chi connectivity index (χ1) is 5.59. The highest BCUT2D eigenvalue weighted by Gasteiger charge is 2.08. The molecule has 0 aromatic carbocycles. The lowest BCUT2D eigenvalue weighted by molar-refractivity contribution is 0.142. The highest BCUT2D eigenvalue weighted by atomic mass is 35.5. The minimum atomic E-state index is -1.45. The predicted octanol–water partition coefficient (Wildman–Crippen LogP) is 1.50. The molecule has 0 fully saturated rings. The standard InChI is InChI=1S/C6H5ClN2O3/c1-3-8-2-4(7)5(9-3)12-6(10)11/h2H,1H3,(H,10,11). The van der Waals surface area contributed by atoms with Crippen LogP contribution in [0.2, 0.25) is 5.02 Å². The third-order valence-electron chi connectivity index (χ3n) is 1.02. The summed E-state index contributed by atoms with van der Waals surface area (Å²) < 4.78 is 4.26. The number of aryl methyl sites for hydroxylation is 1. The van der Waals surface area contributed by atoms with E-state index >= 15 is 0 Å². The molecule has 0 aliphatic carbocycles. The fraction of sp³-hybridized carbons (Fsp3) is 0.167. The summed E-state index contributed by atoms with van der Waals surface area (Å²) in [6.07, 6.45) is -0.169. The minimum Gasteiger partial charge on any atom is -0.449 e. The lowest BCUT2D eigenvalue weighted by Gasteiger charge is -2.00. The summed E-state index contributed by atoms with van der Waals surface area (Å²) in [4.78, 5) is 17.5. The zero-order chi connectivity index (χ0) is 9.14. The number of carbonyl (C=O) groups is 1. The van der Waals surface area contributed by atoms with E-state index in [2.05, 4.69) is 14.7 Å². The van der Waals surface area contributed by atoms with Crippen molar-refractivity contribution in [3.8, 4) is 5.88 Å². The van der Waals surface area contributed by atoms with Gasteiger partial charge in [0.05, 0.1) is 6.20 Å². The number of nitrogens with zero attached hydrogens (tertiary/aromatic N) is 2. The number of ether oxygens (including phenoxy) is 1. The van der Waals surface area contributed by atoms with Crippen molar-refractivity contribution in [3.63, 3.8) is 0 Å². The van der Waals surface area contributed by atoms with Crippen LogP contribution < -0.4 is 4.74 Å². The van der Waals surface area contributed by atoms with Crippen molar-refractivity contribution in [2.24, 2.45) is 0 Å². The monoisotopic (exact) mass is 188 g/mol. The quantitative estimate of drug-likeness (QED) is 0.676. The molecule has 64 valence electrons. The summed E-state index contributed by atoms with van der Waals surface area (Å²) in [6.45, 7) is 1.60. The SMILES string of the molecule is Cc1ncc(Cl)c(OC(=O)O)n1. The first kappa shape index (κ1) is 8.73. The van der Waals surface area contributed by atoms with E-state index in [0.717, 1.165) is 0 Å². The van der Waals surface area contributed by atoms with Crippen LogP contribution in [0.4, 0.5) is 4.79 Å². The molecule has 1 aromatic heterocycles. The van der Waals surface area contributed by atoms with E-state index in [1.165, 1.54) is 6.20 Å². The Morgan fingerprint density at radius 1 is 1.75 bits per heavy atom. The number of aromatic nitrogens is 2. The van der Waals surface area contributed by atoms with Gasteiger partial charge >= 0.3 is 6.16 Å². The Balaban J connectivity index is 2.97. The number of carboxylic acid groups (broad SMARTS) is 1. The maximum absolute atomic E-state index is 10.1. The van der Waals surface area contributed by atoms with E-state index in [0.29, 0.717) is 5.82 Å². The summed E-state index contributed by atoms with van der Waals surface area (Å²) >= 11 is 5.53. The molecule has 1 N–H and O–H groups in total. The Morgan fingerprint density at radius 2 is 2.42 bits per heavy atom. The van der Waals surface area contributed by atoms with Crippen LogP contribution in [0, 0.1) is 6.92 Å². The molecule has 12 heavy (non-hydrogen) atoms. The molecule has 0 aliphatic rings. The number of hydrogen-bond donors (Lipinski definition) is 1. The zero-order valence-electron chi connectivity index (χ0n) is 6.11. The second-order valence-electron chi connectivity index (χ2n) is 1.94. The molecule has 1 aromatic rings. The van der Waals surface area contributed by atoms with E-state index in [1.807, 2.05) is 0 Å². The summed E-state index contributed by atoms with van der Waals surface area (Å²) in [7, 11) is 0. The lowest BCUT2D eigenvalue weighted by atomic mass is 10.6. The van der Waals surface area contributed by atoms with Crippen LogP contribution in [0.5, 0.6) is 5.88 Å². The molecule has 0 radical (unpaired) electrons. The summed E-state index contributed by atoms with van der Waals surface area (Å²) in [5.74, 6) is 0.257. The molecule has 6 heteroatoms. The predicted molar refractivity (Wildman–Crippen MR) is 40.4 cm³/mol. The van der Waals surface area contributed by atoms with Crippen molar-refractivity contribution in [1.82, 2.24) is 9.97 Å². The molecule has 0 amide bonds. The third-order valence-corrected chi connectivity index (χ3v) is 1.28. The average Bonchev–Trinajstić information content (AvgIpc) is 1.96. The van der Waals surface area contributed by atoms with Gasteiger partial charge in [0.1, 0.15) is 10.8 Å². The van der Waals surface area contributed by atoms with Gasteiger partial charge in [-0.25, -0.2) is 9.78 Å². The van der Waals surface area contributed by atoms with Crippen molar-refractivity contribution >= 4 is 17.8 Å². The maximum Gasteiger partial charge on any atom is 0.512 e. The van der Waals surface area contributed by atoms with Crippen molar-refractivity contribution in [2.75, 3.05) is 0 Å². The number of halogens is 1. The molecule has 0 saturated heterocycles. The van der Waals surface area contributed by atoms with Crippen LogP contribution in [0.1, 0.15) is 5.82 Å². The maximum atomic E-state index is 10.1. The average molecular weight is 189 g/mol. The topological polar surface area (TPSA) is 72.3 Å². The second-order valence-corrected chi connectivity index (χ2v) is 2.35. The van der Waals surface area contributed by atoms with E-state index < -0.39 is 6.16 Å². The Hall–Kier alpha value is -1.36. The van der Waals surface area contributed by atoms with Crippen molar-refractivity contribution in [2.45, 2.75) is 6.92 Å². The van der Waals surface area contributed by atoms with Crippen LogP contribution in [0.3, 0.4) is 0 Å². The van der Waals surface area contributed by atoms with Crippen molar-refractivity contribution in [1.29, 1.82) is 0 Å². The minimum absolute atomic E-state index is 0.0722. The van der Waals surface area contributed by atoms with E-state index in [1.54, 1.807) is 6.92 Å². The Kier molecular flexibility index (Phi) is 2.44. The highest BCUT2D eigenvalue weighted by molar-refractivity contribution is 6.31.